The summed E-state index contributed by atoms with van der Waals surface area (Å²) in [5.74, 6) is 0.428. The topological polar surface area (TPSA) is 113 Å². The maximum absolute atomic E-state index is 13.0. The average molecular weight is 488 g/mol. The standard InChI is InChI=1S/C23H31ClN8O2/c1-6-31-16-9-8-15(23(34)30(5)11-10-29(3)4)12-17(16)32(7-2)19(31)14-27-22(33)20-21(25)26-13-18(24)28-20/h8-9,12-13H,6-7,10-11,14H2,1-5H3,(H2-,25,26,27,33)/p+1. The number of nitrogen functional groups attached to an aromatic ring is 1. The van der Waals surface area contributed by atoms with Crippen LogP contribution in [0, 0.1) is 0 Å². The number of imidazole rings is 1. The van der Waals surface area contributed by atoms with Crippen LogP contribution in [0.25, 0.3) is 11.0 Å². The number of aryl methyl sites for hydroxylation is 2. The van der Waals surface area contributed by atoms with E-state index in [2.05, 4.69) is 24.4 Å². The van der Waals surface area contributed by atoms with E-state index in [4.69, 9.17) is 17.3 Å². The van der Waals surface area contributed by atoms with E-state index in [1.165, 1.54) is 6.20 Å². The van der Waals surface area contributed by atoms with Gasteiger partial charge in [-0.05, 0) is 40.1 Å². The lowest BCUT2D eigenvalue weighted by Crippen LogP contribution is -2.40. The van der Waals surface area contributed by atoms with Crippen molar-refractivity contribution in [1.82, 2.24) is 29.7 Å². The highest BCUT2D eigenvalue weighted by Gasteiger charge is 2.26. The number of benzene rings is 1. The number of rotatable bonds is 9. The number of amides is 2. The molecule has 3 N–H and O–H groups in total. The summed E-state index contributed by atoms with van der Waals surface area (Å²) in [7, 11) is 5.78. The van der Waals surface area contributed by atoms with Crippen LogP contribution in [0.1, 0.15) is 40.5 Å². The molecule has 0 radical (unpaired) electrons. The first-order valence-corrected chi connectivity index (χ1v) is 11.6. The molecule has 2 amide bonds. The van der Waals surface area contributed by atoms with Crippen LogP contribution in [-0.4, -0.2) is 70.4 Å². The smallest absolute Gasteiger partial charge is 0.277 e. The van der Waals surface area contributed by atoms with Crippen LogP contribution < -0.4 is 15.6 Å². The number of fused-ring (bicyclic) bond motifs is 1. The van der Waals surface area contributed by atoms with E-state index in [0.29, 0.717) is 25.2 Å². The monoisotopic (exact) mass is 487 g/mol. The summed E-state index contributed by atoms with van der Waals surface area (Å²) < 4.78 is 4.22. The quantitative estimate of drug-likeness (QED) is 0.443. The van der Waals surface area contributed by atoms with Gasteiger partial charge in [-0.3, -0.25) is 9.59 Å². The fraction of sp³-hybridized carbons (Fsp3) is 0.435. The summed E-state index contributed by atoms with van der Waals surface area (Å²) in [6.45, 7) is 7.11. The Hall–Kier alpha value is -3.24. The maximum Gasteiger partial charge on any atom is 0.277 e. The second-order valence-corrected chi connectivity index (χ2v) is 8.63. The Morgan fingerprint density at radius 1 is 1.21 bits per heavy atom. The van der Waals surface area contributed by atoms with Gasteiger partial charge in [0.2, 0.25) is 0 Å². The number of carbonyl (C=O) groups excluding carboxylic acids is 2. The molecule has 2 aromatic heterocycles. The Labute approximate surface area is 204 Å². The molecule has 2 heterocycles. The Morgan fingerprint density at radius 2 is 1.94 bits per heavy atom. The Bertz CT molecular complexity index is 1210. The molecule has 0 aliphatic heterocycles. The van der Waals surface area contributed by atoms with Crippen LogP contribution in [0.3, 0.4) is 0 Å². The molecule has 0 saturated carbocycles. The number of nitrogens with zero attached hydrogens (tertiary/aromatic N) is 6. The molecule has 182 valence electrons. The SMILES string of the molecule is CCn1c(CNC(=O)c2nc(Cl)cnc2N)[n+](CC)c2ccc(C(=O)N(C)CCN(C)C)cc21. The first-order valence-electron chi connectivity index (χ1n) is 11.2. The van der Waals surface area contributed by atoms with E-state index < -0.39 is 5.91 Å². The number of hydrogen-bond acceptors (Lipinski definition) is 6. The molecule has 0 fully saturated rings. The van der Waals surface area contributed by atoms with Crippen LogP contribution in [-0.2, 0) is 19.6 Å². The Morgan fingerprint density at radius 3 is 2.59 bits per heavy atom. The molecule has 0 atom stereocenters. The molecule has 0 saturated heterocycles. The van der Waals surface area contributed by atoms with Crippen LogP contribution in [0.15, 0.2) is 24.4 Å². The highest BCUT2D eigenvalue weighted by molar-refractivity contribution is 6.29. The third-order valence-corrected chi connectivity index (χ3v) is 5.86. The van der Waals surface area contributed by atoms with Gasteiger partial charge in [0.05, 0.1) is 19.3 Å². The molecule has 0 unspecified atom stereocenters. The molecule has 11 heteroatoms. The van der Waals surface area contributed by atoms with E-state index in [-0.39, 0.29) is 29.1 Å². The molecule has 1 aromatic carbocycles. The number of nitrogens with two attached hydrogens (primary N) is 1. The third-order valence-electron chi connectivity index (χ3n) is 5.68. The van der Waals surface area contributed by atoms with Gasteiger partial charge in [0.1, 0.15) is 11.7 Å². The van der Waals surface area contributed by atoms with Gasteiger partial charge in [0.25, 0.3) is 17.6 Å². The van der Waals surface area contributed by atoms with Crippen molar-refractivity contribution in [3.8, 4) is 0 Å². The predicted molar refractivity (Wildman–Crippen MR) is 132 cm³/mol. The third kappa shape index (κ3) is 5.28. The summed E-state index contributed by atoms with van der Waals surface area (Å²) in [4.78, 5) is 37.4. The van der Waals surface area contributed by atoms with E-state index in [1.54, 1.807) is 4.90 Å². The molecule has 0 bridgehead atoms. The zero-order valence-electron chi connectivity index (χ0n) is 20.3. The summed E-state index contributed by atoms with van der Waals surface area (Å²) in [5.41, 5.74) is 8.34. The zero-order valence-corrected chi connectivity index (χ0v) is 21.1. The average Bonchev–Trinajstić information content (AvgIpc) is 3.13. The van der Waals surface area contributed by atoms with E-state index in [0.717, 1.165) is 23.4 Å². The van der Waals surface area contributed by atoms with Gasteiger partial charge in [-0.2, -0.15) is 0 Å². The largest absolute Gasteiger partial charge is 0.382 e. The van der Waals surface area contributed by atoms with Gasteiger partial charge in [-0.25, -0.2) is 19.1 Å². The first-order chi connectivity index (χ1) is 16.2. The molecule has 0 aliphatic carbocycles. The van der Waals surface area contributed by atoms with Crippen LogP contribution in [0.2, 0.25) is 5.15 Å². The van der Waals surface area contributed by atoms with Crippen molar-refractivity contribution < 1.29 is 14.2 Å². The molecule has 10 nitrogen and oxygen atoms in total. The van der Waals surface area contributed by atoms with Crippen molar-refractivity contribution in [2.75, 3.05) is 40.0 Å². The van der Waals surface area contributed by atoms with Gasteiger partial charge < -0.3 is 20.9 Å². The normalized spacial score (nSPS) is 11.3. The first kappa shape index (κ1) is 25.4. The molecule has 0 spiro atoms. The highest BCUT2D eigenvalue weighted by atomic mass is 35.5. The second kappa shape index (κ2) is 10.8. The fourth-order valence-corrected chi connectivity index (χ4v) is 4.01. The summed E-state index contributed by atoms with van der Waals surface area (Å²) in [6.07, 6.45) is 1.30. The molecule has 3 rings (SSSR count). The van der Waals surface area contributed by atoms with E-state index in [9.17, 15) is 9.59 Å². The minimum Gasteiger partial charge on any atom is -0.382 e. The maximum atomic E-state index is 13.0. The highest BCUT2D eigenvalue weighted by Crippen LogP contribution is 2.19. The number of hydrogen-bond donors (Lipinski definition) is 2. The second-order valence-electron chi connectivity index (χ2n) is 8.25. The van der Waals surface area contributed by atoms with Crippen molar-refractivity contribution in [2.24, 2.45) is 0 Å². The Kier molecular flexibility index (Phi) is 8.06. The number of halogens is 1. The van der Waals surface area contributed by atoms with E-state index >= 15 is 0 Å². The lowest BCUT2D eigenvalue weighted by molar-refractivity contribution is -0.676. The molecule has 0 aliphatic rings. The number of aromatic nitrogens is 4. The van der Waals surface area contributed by atoms with Crippen molar-refractivity contribution in [3.63, 3.8) is 0 Å². The van der Waals surface area contributed by atoms with Crippen LogP contribution >= 0.6 is 11.6 Å². The zero-order chi connectivity index (χ0) is 25.0. The van der Waals surface area contributed by atoms with Gasteiger partial charge in [-0.15, -0.1) is 0 Å². The Balaban J connectivity index is 1.92. The lowest BCUT2D eigenvalue weighted by Gasteiger charge is -2.19. The summed E-state index contributed by atoms with van der Waals surface area (Å²) in [5, 5.41) is 2.97. The van der Waals surface area contributed by atoms with Gasteiger partial charge >= 0.3 is 0 Å². The predicted octanol–water partition coefficient (Wildman–Crippen LogP) is 1.56. The van der Waals surface area contributed by atoms with Crippen molar-refractivity contribution in [2.45, 2.75) is 33.5 Å². The number of nitrogens with one attached hydrogen (secondary N) is 1. The lowest BCUT2D eigenvalue weighted by atomic mass is 10.1. The molecular formula is C23H32ClN8O2+. The molecule has 34 heavy (non-hydrogen) atoms. The minimum absolute atomic E-state index is 0.0108. The van der Waals surface area contributed by atoms with E-state index in [1.807, 2.05) is 58.1 Å². The van der Waals surface area contributed by atoms with Crippen LogP contribution in [0.5, 0.6) is 0 Å². The number of carbonyl (C=O) groups is 2. The van der Waals surface area contributed by atoms with Gasteiger partial charge in [0.15, 0.2) is 22.5 Å². The van der Waals surface area contributed by atoms with Gasteiger partial charge in [-0.1, -0.05) is 11.6 Å². The van der Waals surface area contributed by atoms with Crippen molar-refractivity contribution in [3.05, 3.63) is 46.6 Å². The molecular weight excluding hydrogens is 456 g/mol. The van der Waals surface area contributed by atoms with Gasteiger partial charge in [0, 0.05) is 31.8 Å². The summed E-state index contributed by atoms with van der Waals surface area (Å²) >= 11 is 5.87. The van der Waals surface area contributed by atoms with Crippen LogP contribution in [0.4, 0.5) is 5.82 Å². The minimum atomic E-state index is -0.457. The number of anilines is 1. The fourth-order valence-electron chi connectivity index (χ4n) is 3.88. The van der Waals surface area contributed by atoms with Crippen molar-refractivity contribution in [1.29, 1.82) is 0 Å². The number of likely N-dealkylation sites (N-methyl/N-ethyl adjacent to an activating group) is 2. The molecule has 3 aromatic rings. The summed E-state index contributed by atoms with van der Waals surface area (Å²) in [6, 6.07) is 5.74. The van der Waals surface area contributed by atoms with Crippen molar-refractivity contribution >= 4 is 40.3 Å².